The number of likely N-dealkylation sites (N-methyl/N-ethyl adjacent to an activating group) is 1. The van der Waals surface area contributed by atoms with Crippen LogP contribution < -0.4 is 5.32 Å². The van der Waals surface area contributed by atoms with Crippen LogP contribution in [0.3, 0.4) is 0 Å². The Hall–Kier alpha value is -2.46. The van der Waals surface area contributed by atoms with E-state index < -0.39 is 28.6 Å². The Morgan fingerprint density at radius 3 is 2.30 bits per heavy atom. The van der Waals surface area contributed by atoms with E-state index in [1.807, 2.05) is 0 Å². The van der Waals surface area contributed by atoms with E-state index in [9.17, 15) is 22.8 Å². The molecule has 0 unspecified atom stereocenters. The molecule has 166 valence electrons. The van der Waals surface area contributed by atoms with Gasteiger partial charge < -0.3 is 15.0 Å². The number of carbonyl (C=O) groups is 3. The van der Waals surface area contributed by atoms with E-state index >= 15 is 0 Å². The number of benzene rings is 1. The summed E-state index contributed by atoms with van der Waals surface area (Å²) < 4.78 is 31.3. The molecule has 0 radical (unpaired) electrons. The first-order valence-electron chi connectivity index (χ1n) is 9.83. The smallest absolute Gasteiger partial charge is 0.322 e. The SMILES string of the molecule is CC(=O)Nc1ccc(S(=O)(=O)N(C)CC(=O)O[C@H](C)C(=O)N2CCC(C)CC2)cc1. The molecule has 2 amide bonds. The van der Waals surface area contributed by atoms with Gasteiger partial charge in [0.25, 0.3) is 5.91 Å². The Labute approximate surface area is 177 Å². The molecule has 0 spiro atoms. The highest BCUT2D eigenvalue weighted by atomic mass is 32.2. The molecule has 9 nitrogen and oxygen atoms in total. The Bertz CT molecular complexity index is 876. The molecule has 1 saturated heterocycles. The molecule has 1 aromatic rings. The van der Waals surface area contributed by atoms with E-state index in [2.05, 4.69) is 12.2 Å². The van der Waals surface area contributed by atoms with Gasteiger partial charge in [0, 0.05) is 32.7 Å². The van der Waals surface area contributed by atoms with E-state index in [-0.39, 0.29) is 16.7 Å². The molecule has 10 heteroatoms. The van der Waals surface area contributed by atoms with E-state index in [1.165, 1.54) is 45.2 Å². The van der Waals surface area contributed by atoms with Crippen molar-refractivity contribution in [2.45, 2.75) is 44.6 Å². The molecule has 1 atom stereocenters. The number of ether oxygens (including phenoxy) is 1. The molecule has 0 aromatic heterocycles. The predicted molar refractivity (Wildman–Crippen MR) is 111 cm³/mol. The lowest BCUT2D eigenvalue weighted by atomic mass is 9.99. The molecule has 0 bridgehead atoms. The zero-order valence-electron chi connectivity index (χ0n) is 17.8. The van der Waals surface area contributed by atoms with Gasteiger partial charge in [-0.15, -0.1) is 0 Å². The minimum Gasteiger partial charge on any atom is -0.452 e. The Morgan fingerprint density at radius 2 is 1.77 bits per heavy atom. The normalized spacial score (nSPS) is 16.2. The van der Waals surface area contributed by atoms with Crippen LogP contribution in [0.2, 0.25) is 0 Å². The van der Waals surface area contributed by atoms with Crippen molar-refractivity contribution >= 4 is 33.5 Å². The summed E-state index contributed by atoms with van der Waals surface area (Å²) in [5.74, 6) is -0.775. The van der Waals surface area contributed by atoms with Gasteiger partial charge >= 0.3 is 5.97 Å². The number of likely N-dealkylation sites (tertiary alicyclic amines) is 1. The average molecular weight is 440 g/mol. The molecular weight excluding hydrogens is 410 g/mol. The second-order valence-electron chi connectivity index (χ2n) is 7.61. The van der Waals surface area contributed by atoms with Crippen molar-refractivity contribution in [3.8, 4) is 0 Å². The number of hydrogen-bond acceptors (Lipinski definition) is 6. The zero-order chi connectivity index (χ0) is 22.5. The van der Waals surface area contributed by atoms with Crippen LogP contribution in [0.25, 0.3) is 0 Å². The summed E-state index contributed by atoms with van der Waals surface area (Å²) in [6.07, 6.45) is 0.848. The fraction of sp³-hybridized carbons (Fsp3) is 0.550. The monoisotopic (exact) mass is 439 g/mol. The first-order valence-corrected chi connectivity index (χ1v) is 11.3. The number of piperidine rings is 1. The van der Waals surface area contributed by atoms with E-state index in [0.29, 0.717) is 24.7 Å². The topological polar surface area (TPSA) is 113 Å². The Balaban J connectivity index is 1.93. The van der Waals surface area contributed by atoms with E-state index in [1.54, 1.807) is 4.90 Å². The van der Waals surface area contributed by atoms with Crippen molar-refractivity contribution < 1.29 is 27.5 Å². The molecule has 1 aliphatic heterocycles. The maximum absolute atomic E-state index is 12.7. The number of nitrogens with zero attached hydrogens (tertiary/aromatic N) is 2. The van der Waals surface area contributed by atoms with Crippen LogP contribution in [0, 0.1) is 5.92 Å². The molecule has 30 heavy (non-hydrogen) atoms. The average Bonchev–Trinajstić information content (AvgIpc) is 2.67. The van der Waals surface area contributed by atoms with Crippen LogP contribution in [-0.2, 0) is 29.1 Å². The summed E-state index contributed by atoms with van der Waals surface area (Å²) in [6.45, 7) is 5.71. The fourth-order valence-electron chi connectivity index (χ4n) is 3.13. The van der Waals surface area contributed by atoms with Gasteiger partial charge in [-0.3, -0.25) is 14.4 Å². The third-order valence-electron chi connectivity index (χ3n) is 4.99. The minimum atomic E-state index is -3.94. The maximum atomic E-state index is 12.7. The van der Waals surface area contributed by atoms with Gasteiger partial charge in [0.2, 0.25) is 15.9 Å². The summed E-state index contributed by atoms with van der Waals surface area (Å²) in [6, 6.07) is 5.60. The molecule has 1 aliphatic rings. The van der Waals surface area contributed by atoms with E-state index in [4.69, 9.17) is 4.74 Å². The first-order chi connectivity index (χ1) is 14.0. The predicted octanol–water partition coefficient (Wildman–Crippen LogP) is 1.46. The second kappa shape index (κ2) is 10.0. The van der Waals surface area contributed by atoms with Crippen LogP contribution in [0.15, 0.2) is 29.2 Å². The van der Waals surface area contributed by atoms with Gasteiger partial charge in [-0.25, -0.2) is 8.42 Å². The van der Waals surface area contributed by atoms with Crippen LogP contribution in [-0.4, -0.2) is 68.2 Å². The summed E-state index contributed by atoms with van der Waals surface area (Å²) in [7, 11) is -2.68. The lowest BCUT2D eigenvalue weighted by molar-refractivity contribution is -0.159. The molecule has 1 N–H and O–H groups in total. The molecule has 1 heterocycles. The number of amides is 2. The van der Waals surface area contributed by atoms with Gasteiger partial charge in [0.15, 0.2) is 6.10 Å². The van der Waals surface area contributed by atoms with Crippen LogP contribution >= 0.6 is 0 Å². The lowest BCUT2D eigenvalue weighted by Gasteiger charge is -2.32. The van der Waals surface area contributed by atoms with Gasteiger partial charge in [0.1, 0.15) is 6.54 Å². The minimum absolute atomic E-state index is 0.0292. The molecule has 1 aromatic carbocycles. The molecular formula is C20H29N3O6S. The number of rotatable bonds is 7. The highest BCUT2D eigenvalue weighted by molar-refractivity contribution is 7.89. The van der Waals surface area contributed by atoms with Crippen LogP contribution in [0.1, 0.15) is 33.6 Å². The maximum Gasteiger partial charge on any atom is 0.322 e. The second-order valence-corrected chi connectivity index (χ2v) is 9.65. The van der Waals surface area contributed by atoms with Gasteiger partial charge in [0.05, 0.1) is 4.90 Å². The number of nitrogens with one attached hydrogen (secondary N) is 1. The Kier molecular flexibility index (Phi) is 7.96. The fourth-order valence-corrected chi connectivity index (χ4v) is 4.25. The number of esters is 1. The number of anilines is 1. The van der Waals surface area contributed by atoms with Crippen molar-refractivity contribution in [1.82, 2.24) is 9.21 Å². The highest BCUT2D eigenvalue weighted by Gasteiger charge is 2.29. The van der Waals surface area contributed by atoms with Crippen molar-refractivity contribution in [3.63, 3.8) is 0 Å². The van der Waals surface area contributed by atoms with Crippen molar-refractivity contribution in [1.29, 1.82) is 0 Å². The Morgan fingerprint density at radius 1 is 1.20 bits per heavy atom. The summed E-state index contributed by atoms with van der Waals surface area (Å²) in [5, 5.41) is 2.55. The van der Waals surface area contributed by atoms with Gasteiger partial charge in [-0.1, -0.05) is 6.92 Å². The summed E-state index contributed by atoms with van der Waals surface area (Å²) in [5.41, 5.74) is 0.461. The van der Waals surface area contributed by atoms with Crippen LogP contribution in [0.4, 0.5) is 5.69 Å². The van der Waals surface area contributed by atoms with Crippen molar-refractivity contribution in [2.75, 3.05) is 32.0 Å². The molecule has 1 fully saturated rings. The number of carbonyl (C=O) groups excluding carboxylic acids is 3. The largest absolute Gasteiger partial charge is 0.452 e. The summed E-state index contributed by atoms with van der Waals surface area (Å²) in [4.78, 5) is 37.4. The first kappa shape index (κ1) is 23.8. The quantitative estimate of drug-likeness (QED) is 0.644. The molecule has 2 rings (SSSR count). The summed E-state index contributed by atoms with van der Waals surface area (Å²) >= 11 is 0. The zero-order valence-corrected chi connectivity index (χ0v) is 18.6. The number of hydrogen-bond donors (Lipinski definition) is 1. The lowest BCUT2D eigenvalue weighted by Crippen LogP contribution is -2.45. The number of sulfonamides is 1. The van der Waals surface area contributed by atoms with Gasteiger partial charge in [-0.2, -0.15) is 4.31 Å². The highest BCUT2D eigenvalue weighted by Crippen LogP contribution is 2.19. The van der Waals surface area contributed by atoms with Crippen molar-refractivity contribution in [2.24, 2.45) is 5.92 Å². The van der Waals surface area contributed by atoms with E-state index in [0.717, 1.165) is 17.1 Å². The molecule has 0 saturated carbocycles. The van der Waals surface area contributed by atoms with Crippen molar-refractivity contribution in [3.05, 3.63) is 24.3 Å². The molecule has 0 aliphatic carbocycles. The van der Waals surface area contributed by atoms with Gasteiger partial charge in [-0.05, 0) is 49.9 Å². The standard InChI is InChI=1S/C20H29N3O6S/c1-14-9-11-23(12-10-14)20(26)15(2)29-19(25)13-22(4)30(27,28)18-7-5-17(6-8-18)21-16(3)24/h5-8,14-15H,9-13H2,1-4H3,(H,21,24)/t15-/m1/s1. The third kappa shape index (κ3) is 6.27. The van der Waals surface area contributed by atoms with Crippen LogP contribution in [0.5, 0.6) is 0 Å². The third-order valence-corrected chi connectivity index (χ3v) is 6.80.